The molecule has 2 atom stereocenters. The molecule has 0 aliphatic carbocycles. The SMILES string of the molecule is CCCCCCCCCCCCCC(=O)NC(Cc1ccccc1)C(=O)N1CCN(C(=O)Nc2ccccc2)C(C)C1. The van der Waals surface area contributed by atoms with Gasteiger partial charge in [0.15, 0.2) is 0 Å². The minimum absolute atomic E-state index is 0.0610. The lowest BCUT2D eigenvalue weighted by Gasteiger charge is -2.41. The predicted octanol–water partition coefficient (Wildman–Crippen LogP) is 7.18. The normalized spacial score (nSPS) is 15.7. The van der Waals surface area contributed by atoms with Crippen LogP contribution in [0.2, 0.25) is 0 Å². The van der Waals surface area contributed by atoms with Gasteiger partial charge < -0.3 is 20.4 Å². The summed E-state index contributed by atoms with van der Waals surface area (Å²) >= 11 is 0. The first-order chi connectivity index (χ1) is 20.5. The summed E-state index contributed by atoms with van der Waals surface area (Å²) in [5.41, 5.74) is 1.76. The number of unbranched alkanes of at least 4 members (excludes halogenated alkanes) is 10. The molecule has 0 saturated carbocycles. The van der Waals surface area contributed by atoms with Gasteiger partial charge in [-0.05, 0) is 31.0 Å². The Morgan fingerprint density at radius 2 is 1.36 bits per heavy atom. The highest BCUT2D eigenvalue weighted by molar-refractivity contribution is 5.90. The van der Waals surface area contributed by atoms with Gasteiger partial charge in [-0.15, -0.1) is 0 Å². The van der Waals surface area contributed by atoms with Gasteiger partial charge in [-0.3, -0.25) is 9.59 Å². The molecule has 0 radical (unpaired) electrons. The highest BCUT2D eigenvalue weighted by Gasteiger charge is 2.33. The topological polar surface area (TPSA) is 81.8 Å². The number of hydrogen-bond donors (Lipinski definition) is 2. The molecule has 1 aliphatic rings. The van der Waals surface area contributed by atoms with Crippen LogP contribution in [0.5, 0.6) is 0 Å². The Bertz CT molecular complexity index is 1060. The molecule has 2 unspecified atom stereocenters. The van der Waals surface area contributed by atoms with Crippen molar-refractivity contribution in [3.8, 4) is 0 Å². The Labute approximate surface area is 253 Å². The van der Waals surface area contributed by atoms with Gasteiger partial charge in [0.25, 0.3) is 0 Å². The molecule has 230 valence electrons. The van der Waals surface area contributed by atoms with Gasteiger partial charge in [-0.1, -0.05) is 120 Å². The molecule has 42 heavy (non-hydrogen) atoms. The van der Waals surface area contributed by atoms with Crippen LogP contribution in [0.1, 0.15) is 96.5 Å². The summed E-state index contributed by atoms with van der Waals surface area (Å²) in [6, 6.07) is 18.3. The number of nitrogens with zero attached hydrogens (tertiary/aromatic N) is 2. The molecule has 1 saturated heterocycles. The minimum atomic E-state index is -0.621. The molecule has 2 aromatic rings. The van der Waals surface area contributed by atoms with E-state index in [1.807, 2.05) is 67.6 Å². The van der Waals surface area contributed by atoms with Crippen LogP contribution in [0, 0.1) is 0 Å². The molecule has 2 aromatic carbocycles. The van der Waals surface area contributed by atoms with Crippen molar-refractivity contribution in [1.82, 2.24) is 15.1 Å². The first-order valence-corrected chi connectivity index (χ1v) is 16.2. The molecule has 1 fully saturated rings. The van der Waals surface area contributed by atoms with Crippen LogP contribution in [0.4, 0.5) is 10.5 Å². The minimum Gasteiger partial charge on any atom is -0.344 e. The van der Waals surface area contributed by atoms with Gasteiger partial charge in [0.1, 0.15) is 6.04 Å². The number of benzene rings is 2. The van der Waals surface area contributed by atoms with Crippen molar-refractivity contribution in [1.29, 1.82) is 0 Å². The molecule has 4 amide bonds. The average Bonchev–Trinajstić information content (AvgIpc) is 3.00. The van der Waals surface area contributed by atoms with Gasteiger partial charge in [0.05, 0.1) is 0 Å². The Kier molecular flexibility index (Phi) is 15.0. The van der Waals surface area contributed by atoms with Crippen molar-refractivity contribution >= 4 is 23.5 Å². The number of para-hydroxylation sites is 1. The van der Waals surface area contributed by atoms with E-state index in [4.69, 9.17) is 0 Å². The Morgan fingerprint density at radius 3 is 1.95 bits per heavy atom. The lowest BCUT2D eigenvalue weighted by atomic mass is 10.0. The molecule has 7 nitrogen and oxygen atoms in total. The molecule has 3 rings (SSSR count). The summed E-state index contributed by atoms with van der Waals surface area (Å²) in [4.78, 5) is 43.1. The maximum absolute atomic E-state index is 13.7. The van der Waals surface area contributed by atoms with Crippen LogP contribution < -0.4 is 10.6 Å². The number of anilines is 1. The highest BCUT2D eigenvalue weighted by atomic mass is 16.2. The van der Waals surface area contributed by atoms with Gasteiger partial charge >= 0.3 is 6.03 Å². The second-order valence-electron chi connectivity index (χ2n) is 11.7. The van der Waals surface area contributed by atoms with Gasteiger partial charge in [-0.2, -0.15) is 0 Å². The second kappa shape index (κ2) is 19.0. The van der Waals surface area contributed by atoms with E-state index < -0.39 is 6.04 Å². The maximum atomic E-state index is 13.7. The molecule has 0 spiro atoms. The van der Waals surface area contributed by atoms with Gasteiger partial charge in [0, 0.05) is 44.2 Å². The third-order valence-corrected chi connectivity index (χ3v) is 8.15. The van der Waals surface area contributed by atoms with Gasteiger partial charge in [-0.25, -0.2) is 4.79 Å². The Balaban J connectivity index is 1.45. The summed E-state index contributed by atoms with van der Waals surface area (Å²) in [7, 11) is 0. The number of carbonyl (C=O) groups is 3. The van der Waals surface area contributed by atoms with Crippen LogP contribution in [0.25, 0.3) is 0 Å². The molecule has 2 N–H and O–H groups in total. The summed E-state index contributed by atoms with van der Waals surface area (Å²) in [5, 5.41) is 6.00. The Hall–Kier alpha value is -3.35. The lowest BCUT2D eigenvalue weighted by Crippen LogP contribution is -2.60. The summed E-state index contributed by atoms with van der Waals surface area (Å²) in [6.45, 7) is 5.52. The fourth-order valence-corrected chi connectivity index (χ4v) is 5.66. The third-order valence-electron chi connectivity index (χ3n) is 8.15. The number of urea groups is 1. The number of hydrogen-bond acceptors (Lipinski definition) is 3. The predicted molar refractivity (Wildman–Crippen MR) is 171 cm³/mol. The second-order valence-corrected chi connectivity index (χ2v) is 11.7. The van der Waals surface area contributed by atoms with E-state index in [1.54, 1.807) is 9.80 Å². The first-order valence-electron chi connectivity index (χ1n) is 16.2. The molecule has 0 aromatic heterocycles. The quantitative estimate of drug-likeness (QED) is 0.196. The molecule has 1 heterocycles. The molecular weight excluding hydrogens is 524 g/mol. The van der Waals surface area contributed by atoms with E-state index in [1.165, 1.54) is 51.4 Å². The lowest BCUT2D eigenvalue weighted by molar-refractivity contribution is -0.138. The van der Waals surface area contributed by atoms with E-state index in [-0.39, 0.29) is 23.9 Å². The van der Waals surface area contributed by atoms with Crippen molar-refractivity contribution in [2.24, 2.45) is 0 Å². The van der Waals surface area contributed by atoms with Crippen LogP contribution in [0.3, 0.4) is 0 Å². The molecule has 0 bridgehead atoms. The fourth-order valence-electron chi connectivity index (χ4n) is 5.66. The smallest absolute Gasteiger partial charge is 0.322 e. The van der Waals surface area contributed by atoms with E-state index >= 15 is 0 Å². The summed E-state index contributed by atoms with van der Waals surface area (Å²) in [5.74, 6) is -0.143. The van der Waals surface area contributed by atoms with E-state index in [0.717, 1.165) is 30.5 Å². The summed E-state index contributed by atoms with van der Waals surface area (Å²) in [6.07, 6.45) is 14.5. The van der Waals surface area contributed by atoms with E-state index in [0.29, 0.717) is 32.5 Å². The zero-order valence-electron chi connectivity index (χ0n) is 25.9. The van der Waals surface area contributed by atoms with Crippen molar-refractivity contribution < 1.29 is 14.4 Å². The third kappa shape index (κ3) is 11.9. The maximum Gasteiger partial charge on any atom is 0.322 e. The molecule has 7 heteroatoms. The zero-order valence-corrected chi connectivity index (χ0v) is 25.9. The number of amides is 4. The number of nitrogens with one attached hydrogen (secondary N) is 2. The summed E-state index contributed by atoms with van der Waals surface area (Å²) < 4.78 is 0. The number of rotatable bonds is 17. The fraction of sp³-hybridized carbons (Fsp3) is 0.571. The van der Waals surface area contributed by atoms with Crippen molar-refractivity contribution in [3.05, 3.63) is 66.2 Å². The van der Waals surface area contributed by atoms with Crippen LogP contribution >= 0.6 is 0 Å². The van der Waals surface area contributed by atoms with E-state index in [9.17, 15) is 14.4 Å². The molecular formula is C35H52N4O3. The van der Waals surface area contributed by atoms with Crippen LogP contribution in [-0.4, -0.2) is 59.4 Å². The van der Waals surface area contributed by atoms with E-state index in [2.05, 4.69) is 17.6 Å². The monoisotopic (exact) mass is 576 g/mol. The Morgan fingerprint density at radius 1 is 0.786 bits per heavy atom. The van der Waals surface area contributed by atoms with Crippen molar-refractivity contribution in [2.75, 3.05) is 25.0 Å². The standard InChI is InChI=1S/C35H52N4O3/c1-3-4-5-6-7-8-9-10-11-12-19-24-33(40)37-32(27-30-20-15-13-16-21-30)34(41)38-25-26-39(29(2)28-38)35(42)36-31-22-17-14-18-23-31/h13-18,20-23,29,32H,3-12,19,24-28H2,1-2H3,(H,36,42)(H,37,40). The first kappa shape index (κ1) is 33.2. The van der Waals surface area contributed by atoms with Crippen molar-refractivity contribution in [3.63, 3.8) is 0 Å². The average molecular weight is 577 g/mol. The highest BCUT2D eigenvalue weighted by Crippen LogP contribution is 2.16. The van der Waals surface area contributed by atoms with Crippen molar-refractivity contribution in [2.45, 2.75) is 109 Å². The van der Waals surface area contributed by atoms with Crippen LogP contribution in [0.15, 0.2) is 60.7 Å². The number of piperazine rings is 1. The van der Waals surface area contributed by atoms with Gasteiger partial charge in [0.2, 0.25) is 11.8 Å². The zero-order chi connectivity index (χ0) is 30.0. The molecule has 1 aliphatic heterocycles. The number of carbonyl (C=O) groups excluding carboxylic acids is 3. The largest absolute Gasteiger partial charge is 0.344 e. The van der Waals surface area contributed by atoms with Crippen LogP contribution in [-0.2, 0) is 16.0 Å².